The van der Waals surface area contributed by atoms with Crippen LogP contribution in [0.25, 0.3) is 0 Å². The molecule has 0 saturated heterocycles. The first kappa shape index (κ1) is 10.9. The fraction of sp³-hybridized carbons (Fsp3) is 0.294. The Labute approximate surface area is 112 Å². The number of fused-ring (bicyclic) bond motifs is 4. The molecule has 2 aromatic rings. The van der Waals surface area contributed by atoms with Crippen molar-refractivity contribution in [3.8, 4) is 11.5 Å². The van der Waals surface area contributed by atoms with Gasteiger partial charge in [-0.2, -0.15) is 0 Å². The maximum atomic E-state index is 10.0. The second-order valence-electron chi connectivity index (χ2n) is 5.69. The minimum atomic E-state index is 0.0160. The average molecular weight is 252 g/mol. The minimum absolute atomic E-state index is 0.0160. The highest BCUT2D eigenvalue weighted by atomic mass is 16.3. The predicted molar refractivity (Wildman–Crippen MR) is 73.6 cm³/mol. The molecule has 0 aliphatic heterocycles. The zero-order chi connectivity index (χ0) is 13.0. The third-order valence-electron chi connectivity index (χ3n) is 4.94. The van der Waals surface area contributed by atoms with Crippen LogP contribution in [0.5, 0.6) is 11.5 Å². The van der Waals surface area contributed by atoms with Crippen LogP contribution in [0.4, 0.5) is 0 Å². The molecule has 2 aliphatic rings. The molecule has 1 spiro atoms. The van der Waals surface area contributed by atoms with E-state index in [4.69, 9.17) is 0 Å². The second kappa shape index (κ2) is 3.53. The number of hydrogen-bond acceptors (Lipinski definition) is 2. The molecule has 2 aliphatic carbocycles. The summed E-state index contributed by atoms with van der Waals surface area (Å²) in [6.45, 7) is 0. The van der Waals surface area contributed by atoms with Crippen LogP contribution in [0.15, 0.2) is 36.4 Å². The third kappa shape index (κ3) is 1.26. The van der Waals surface area contributed by atoms with Gasteiger partial charge in [0.15, 0.2) is 0 Å². The van der Waals surface area contributed by atoms with Crippen molar-refractivity contribution in [1.29, 1.82) is 0 Å². The van der Waals surface area contributed by atoms with Crippen molar-refractivity contribution >= 4 is 0 Å². The summed E-state index contributed by atoms with van der Waals surface area (Å²) in [5.74, 6) is 0.839. The summed E-state index contributed by atoms with van der Waals surface area (Å²) in [7, 11) is 0. The van der Waals surface area contributed by atoms with Gasteiger partial charge >= 0.3 is 0 Å². The molecular formula is C17H16O2. The third-order valence-corrected chi connectivity index (χ3v) is 4.94. The van der Waals surface area contributed by atoms with E-state index in [0.717, 1.165) is 36.8 Å². The first-order valence-corrected chi connectivity index (χ1v) is 6.85. The molecule has 2 nitrogen and oxygen atoms in total. The lowest BCUT2D eigenvalue weighted by molar-refractivity contribution is 0.468. The predicted octanol–water partition coefficient (Wildman–Crippen LogP) is 3.28. The Morgan fingerprint density at radius 2 is 1.21 bits per heavy atom. The van der Waals surface area contributed by atoms with E-state index in [-0.39, 0.29) is 5.41 Å². The molecule has 0 heterocycles. The van der Waals surface area contributed by atoms with Crippen LogP contribution in [0.2, 0.25) is 0 Å². The number of benzene rings is 2. The summed E-state index contributed by atoms with van der Waals surface area (Å²) in [5.41, 5.74) is 4.73. The van der Waals surface area contributed by atoms with Gasteiger partial charge < -0.3 is 10.2 Å². The Bertz CT molecular complexity index is 613. The van der Waals surface area contributed by atoms with Crippen molar-refractivity contribution in [3.63, 3.8) is 0 Å². The zero-order valence-electron chi connectivity index (χ0n) is 10.7. The van der Waals surface area contributed by atoms with Crippen molar-refractivity contribution in [1.82, 2.24) is 0 Å². The SMILES string of the molecule is Oc1cccc2c1CCC21CCc2c(O)cccc21. The van der Waals surface area contributed by atoms with Gasteiger partial charge in [-0.15, -0.1) is 0 Å². The molecule has 19 heavy (non-hydrogen) atoms. The van der Waals surface area contributed by atoms with Gasteiger partial charge in [0.2, 0.25) is 0 Å². The topological polar surface area (TPSA) is 40.5 Å². The molecule has 0 atom stereocenters. The maximum Gasteiger partial charge on any atom is 0.119 e. The van der Waals surface area contributed by atoms with E-state index in [1.54, 1.807) is 12.1 Å². The molecule has 0 amide bonds. The van der Waals surface area contributed by atoms with Crippen LogP contribution < -0.4 is 0 Å². The Kier molecular flexibility index (Phi) is 2.03. The second-order valence-corrected chi connectivity index (χ2v) is 5.69. The molecule has 0 bridgehead atoms. The Morgan fingerprint density at radius 1 is 0.737 bits per heavy atom. The fourth-order valence-corrected chi connectivity index (χ4v) is 4.06. The van der Waals surface area contributed by atoms with Crippen molar-refractivity contribution in [2.45, 2.75) is 31.1 Å². The van der Waals surface area contributed by atoms with Gasteiger partial charge in [0, 0.05) is 5.41 Å². The number of hydrogen-bond donors (Lipinski definition) is 2. The first-order chi connectivity index (χ1) is 9.22. The summed E-state index contributed by atoms with van der Waals surface area (Å²) < 4.78 is 0. The van der Waals surface area contributed by atoms with Gasteiger partial charge in [-0.1, -0.05) is 24.3 Å². The molecule has 0 unspecified atom stereocenters. The van der Waals surface area contributed by atoms with Gasteiger partial charge in [-0.25, -0.2) is 0 Å². The molecule has 0 fully saturated rings. The summed E-state index contributed by atoms with van der Waals surface area (Å²) in [4.78, 5) is 0. The minimum Gasteiger partial charge on any atom is -0.508 e. The van der Waals surface area contributed by atoms with Crippen molar-refractivity contribution < 1.29 is 10.2 Å². The molecule has 2 N–H and O–H groups in total. The number of phenols is 2. The van der Waals surface area contributed by atoms with Gasteiger partial charge in [0.05, 0.1) is 0 Å². The summed E-state index contributed by atoms with van der Waals surface area (Å²) in [5, 5.41) is 20.1. The Balaban J connectivity index is 1.98. The lowest BCUT2D eigenvalue weighted by Gasteiger charge is -2.26. The lowest BCUT2D eigenvalue weighted by atomic mass is 9.76. The fourth-order valence-electron chi connectivity index (χ4n) is 4.06. The summed E-state index contributed by atoms with van der Waals surface area (Å²) in [6.07, 6.45) is 3.93. The van der Waals surface area contributed by atoms with Crippen LogP contribution in [-0.4, -0.2) is 10.2 Å². The Morgan fingerprint density at radius 3 is 1.68 bits per heavy atom. The van der Waals surface area contributed by atoms with Crippen LogP contribution in [0.3, 0.4) is 0 Å². The van der Waals surface area contributed by atoms with Crippen LogP contribution >= 0.6 is 0 Å². The van der Waals surface area contributed by atoms with Gasteiger partial charge in [-0.3, -0.25) is 0 Å². The van der Waals surface area contributed by atoms with Crippen LogP contribution in [-0.2, 0) is 18.3 Å². The van der Waals surface area contributed by atoms with E-state index in [2.05, 4.69) is 12.1 Å². The number of aromatic hydroxyl groups is 2. The molecule has 2 heteroatoms. The highest BCUT2D eigenvalue weighted by Gasteiger charge is 2.45. The summed E-state index contributed by atoms with van der Waals surface area (Å²) >= 11 is 0. The standard InChI is InChI=1S/C17H16O2/c18-15-5-1-3-13-11(15)7-9-17(13)10-8-12-14(17)4-2-6-16(12)19/h1-6,18-19H,7-10H2. The van der Waals surface area contributed by atoms with E-state index >= 15 is 0 Å². The number of phenolic OH excluding ortho intramolecular Hbond substituents is 2. The maximum absolute atomic E-state index is 10.0. The van der Waals surface area contributed by atoms with Crippen LogP contribution in [0.1, 0.15) is 35.1 Å². The van der Waals surface area contributed by atoms with E-state index in [1.165, 1.54) is 11.1 Å². The van der Waals surface area contributed by atoms with Gasteiger partial charge in [0.25, 0.3) is 0 Å². The molecule has 96 valence electrons. The number of rotatable bonds is 0. The van der Waals surface area contributed by atoms with Gasteiger partial charge in [0.1, 0.15) is 11.5 Å². The molecular weight excluding hydrogens is 236 g/mol. The van der Waals surface area contributed by atoms with Crippen LogP contribution in [0, 0.1) is 0 Å². The smallest absolute Gasteiger partial charge is 0.119 e. The van der Waals surface area contributed by atoms with E-state index in [1.807, 2.05) is 12.1 Å². The first-order valence-electron chi connectivity index (χ1n) is 6.85. The van der Waals surface area contributed by atoms with Crippen molar-refractivity contribution in [3.05, 3.63) is 58.7 Å². The molecule has 4 rings (SSSR count). The normalized spacial score (nSPS) is 18.5. The molecule has 0 saturated carbocycles. The highest BCUT2D eigenvalue weighted by molar-refractivity contribution is 5.59. The van der Waals surface area contributed by atoms with E-state index in [9.17, 15) is 10.2 Å². The van der Waals surface area contributed by atoms with Crippen molar-refractivity contribution in [2.75, 3.05) is 0 Å². The summed E-state index contributed by atoms with van der Waals surface area (Å²) in [6, 6.07) is 11.7. The molecule has 2 aromatic carbocycles. The lowest BCUT2D eigenvalue weighted by Crippen LogP contribution is -2.20. The van der Waals surface area contributed by atoms with E-state index in [0.29, 0.717) is 11.5 Å². The quantitative estimate of drug-likeness (QED) is 0.755. The van der Waals surface area contributed by atoms with E-state index < -0.39 is 0 Å². The highest BCUT2D eigenvalue weighted by Crippen LogP contribution is 2.54. The molecule has 0 radical (unpaired) electrons. The zero-order valence-corrected chi connectivity index (χ0v) is 10.7. The average Bonchev–Trinajstić information content (AvgIpc) is 2.97. The van der Waals surface area contributed by atoms with Gasteiger partial charge in [-0.05, 0) is 60.1 Å². The largest absolute Gasteiger partial charge is 0.508 e. The monoisotopic (exact) mass is 252 g/mol. The Hall–Kier alpha value is -1.96. The molecule has 0 aromatic heterocycles. The van der Waals surface area contributed by atoms with Crippen molar-refractivity contribution in [2.24, 2.45) is 0 Å².